The van der Waals surface area contributed by atoms with Crippen LogP contribution in [0, 0.1) is 13.8 Å². The van der Waals surface area contributed by atoms with Gasteiger partial charge >= 0.3 is 0 Å². The van der Waals surface area contributed by atoms with Gasteiger partial charge in [-0.05, 0) is 74.2 Å². The summed E-state index contributed by atoms with van der Waals surface area (Å²) in [5.74, 6) is 0. The van der Waals surface area contributed by atoms with Gasteiger partial charge in [0.25, 0.3) is 0 Å². The molecule has 0 amide bonds. The van der Waals surface area contributed by atoms with Crippen molar-refractivity contribution in [2.75, 3.05) is 6.54 Å². The lowest BCUT2D eigenvalue weighted by Crippen LogP contribution is -2.38. The van der Waals surface area contributed by atoms with Crippen molar-refractivity contribution in [3.05, 3.63) is 64.6 Å². The van der Waals surface area contributed by atoms with Crippen LogP contribution in [0.15, 0.2) is 36.7 Å². The molecule has 3 heterocycles. The molecule has 1 aromatic carbocycles. The van der Waals surface area contributed by atoms with Crippen LogP contribution >= 0.6 is 0 Å². The molecule has 0 radical (unpaired) electrons. The van der Waals surface area contributed by atoms with Gasteiger partial charge in [-0.25, -0.2) is 0 Å². The van der Waals surface area contributed by atoms with E-state index in [2.05, 4.69) is 66.4 Å². The van der Waals surface area contributed by atoms with Gasteiger partial charge in [0.2, 0.25) is 0 Å². The highest BCUT2D eigenvalue weighted by Gasteiger charge is 2.28. The van der Waals surface area contributed by atoms with Crippen molar-refractivity contribution in [1.82, 2.24) is 14.5 Å². The molecule has 0 saturated heterocycles. The molecule has 1 unspecified atom stereocenters. The van der Waals surface area contributed by atoms with Gasteiger partial charge in [0.1, 0.15) is 0 Å². The first-order chi connectivity index (χ1) is 12.6. The van der Waals surface area contributed by atoms with Crippen LogP contribution in [0.25, 0.3) is 10.9 Å². The van der Waals surface area contributed by atoms with Crippen LogP contribution in [0.3, 0.4) is 0 Å². The average molecular weight is 348 g/mol. The molecular weight excluding hydrogens is 318 g/mol. The van der Waals surface area contributed by atoms with Crippen molar-refractivity contribution in [3.8, 4) is 0 Å². The summed E-state index contributed by atoms with van der Waals surface area (Å²) in [5, 5.41) is 1.49. The van der Waals surface area contributed by atoms with Crippen LogP contribution in [-0.2, 0) is 25.9 Å². The van der Waals surface area contributed by atoms with Gasteiger partial charge in [-0.3, -0.25) is 9.88 Å². The molecule has 136 valence electrons. The molecule has 1 atom stereocenters. The quantitative estimate of drug-likeness (QED) is 0.684. The third-order valence-electron chi connectivity index (χ3n) is 5.98. The predicted molar refractivity (Wildman–Crippen MR) is 109 cm³/mol. The molecule has 0 bridgehead atoms. The Morgan fingerprint density at radius 1 is 1.15 bits per heavy atom. The Morgan fingerprint density at radius 2 is 1.92 bits per heavy atom. The molecule has 3 aromatic rings. The van der Waals surface area contributed by atoms with E-state index in [4.69, 9.17) is 0 Å². The first-order valence-corrected chi connectivity index (χ1v) is 9.82. The number of benzene rings is 1. The molecule has 0 fully saturated rings. The van der Waals surface area contributed by atoms with Gasteiger partial charge in [-0.1, -0.05) is 13.0 Å². The highest BCUT2D eigenvalue weighted by molar-refractivity contribution is 5.89. The number of hydrogen-bond acceptors (Lipinski definition) is 2. The van der Waals surface area contributed by atoms with Crippen LogP contribution in [-0.4, -0.2) is 27.0 Å². The summed E-state index contributed by atoms with van der Waals surface area (Å²) >= 11 is 0. The molecule has 3 nitrogen and oxygen atoms in total. The monoisotopic (exact) mass is 347 g/mol. The van der Waals surface area contributed by atoms with Gasteiger partial charge in [0.05, 0.1) is 0 Å². The minimum Gasteiger partial charge on any atom is -0.344 e. The van der Waals surface area contributed by atoms with Gasteiger partial charge in [0, 0.05) is 54.5 Å². The molecule has 0 aliphatic carbocycles. The summed E-state index contributed by atoms with van der Waals surface area (Å²) in [6.07, 6.45) is 5.99. The highest BCUT2D eigenvalue weighted by Crippen LogP contribution is 2.35. The van der Waals surface area contributed by atoms with E-state index in [0.717, 1.165) is 32.5 Å². The average Bonchev–Trinajstić information content (AvgIpc) is 2.92. The molecule has 26 heavy (non-hydrogen) atoms. The largest absolute Gasteiger partial charge is 0.344 e. The van der Waals surface area contributed by atoms with Gasteiger partial charge < -0.3 is 4.57 Å². The predicted octanol–water partition coefficient (Wildman–Crippen LogP) is 4.66. The van der Waals surface area contributed by atoms with Crippen LogP contribution in [0.4, 0.5) is 0 Å². The maximum absolute atomic E-state index is 4.15. The molecule has 4 rings (SSSR count). The molecule has 0 spiro atoms. The Morgan fingerprint density at radius 3 is 2.65 bits per heavy atom. The summed E-state index contributed by atoms with van der Waals surface area (Å²) in [5.41, 5.74) is 8.68. The van der Waals surface area contributed by atoms with Crippen LogP contribution in [0.1, 0.15) is 41.8 Å². The Hall–Kier alpha value is -2.13. The fourth-order valence-electron chi connectivity index (χ4n) is 4.64. The number of aromatic nitrogens is 2. The smallest absolute Gasteiger partial charge is 0.0491 e. The fraction of sp³-hybridized carbons (Fsp3) is 0.435. The molecule has 1 aliphatic rings. The van der Waals surface area contributed by atoms with E-state index in [-0.39, 0.29) is 0 Å². The lowest BCUT2D eigenvalue weighted by molar-refractivity contribution is 0.192. The highest BCUT2D eigenvalue weighted by atomic mass is 15.2. The summed E-state index contributed by atoms with van der Waals surface area (Å²) in [6, 6.07) is 9.60. The van der Waals surface area contributed by atoms with Crippen molar-refractivity contribution in [1.29, 1.82) is 0 Å². The normalized spacial score (nSPS) is 17.6. The van der Waals surface area contributed by atoms with Gasteiger partial charge in [0.15, 0.2) is 0 Å². The second-order valence-corrected chi connectivity index (χ2v) is 7.77. The van der Waals surface area contributed by atoms with E-state index < -0.39 is 0 Å². The second kappa shape index (κ2) is 6.88. The summed E-state index contributed by atoms with van der Waals surface area (Å²) in [7, 11) is 0. The molecule has 3 heteroatoms. The van der Waals surface area contributed by atoms with Crippen molar-refractivity contribution in [3.63, 3.8) is 0 Å². The number of pyridine rings is 1. The van der Waals surface area contributed by atoms with Gasteiger partial charge in [-0.15, -0.1) is 0 Å². The fourth-order valence-corrected chi connectivity index (χ4v) is 4.64. The number of likely N-dealkylation sites (N-methyl/N-ethyl adjacent to an activating group) is 1. The van der Waals surface area contributed by atoms with E-state index >= 15 is 0 Å². The zero-order chi connectivity index (χ0) is 18.3. The molecule has 0 saturated carbocycles. The zero-order valence-electron chi connectivity index (χ0n) is 16.4. The van der Waals surface area contributed by atoms with E-state index in [1.54, 1.807) is 11.3 Å². The third-order valence-corrected chi connectivity index (χ3v) is 5.98. The first-order valence-electron chi connectivity index (χ1n) is 9.82. The SMILES string of the molecule is CCN1Cc2c(n(CCc3ccncc3)c3cc(C)cc(C)c23)CC1C. The van der Waals surface area contributed by atoms with Crippen molar-refractivity contribution in [2.24, 2.45) is 0 Å². The first kappa shape index (κ1) is 17.3. The van der Waals surface area contributed by atoms with Gasteiger partial charge in [-0.2, -0.15) is 0 Å². The van der Waals surface area contributed by atoms with Crippen molar-refractivity contribution >= 4 is 10.9 Å². The maximum Gasteiger partial charge on any atom is 0.0491 e. The third kappa shape index (κ3) is 2.95. The number of fused-ring (bicyclic) bond motifs is 3. The standard InChI is InChI=1S/C23H29N3/c1-5-25-15-20-21(14-18(25)4)26(11-8-19-6-9-24-10-7-19)22-13-16(2)12-17(3)23(20)22/h6-7,9-10,12-13,18H,5,8,11,14-15H2,1-4H3. The van der Waals surface area contributed by atoms with E-state index in [1.165, 1.54) is 27.6 Å². The lowest BCUT2D eigenvalue weighted by atomic mass is 9.97. The van der Waals surface area contributed by atoms with E-state index in [0.29, 0.717) is 6.04 Å². The molecular formula is C23H29N3. The Kier molecular flexibility index (Phi) is 4.58. The molecule has 1 aliphatic heterocycles. The summed E-state index contributed by atoms with van der Waals surface area (Å²) in [4.78, 5) is 6.75. The number of aryl methyl sites for hydroxylation is 4. The summed E-state index contributed by atoms with van der Waals surface area (Å²) in [6.45, 7) is 12.4. The Balaban J connectivity index is 1.82. The number of hydrogen-bond donors (Lipinski definition) is 0. The van der Waals surface area contributed by atoms with Crippen molar-refractivity contribution in [2.45, 2.75) is 59.7 Å². The van der Waals surface area contributed by atoms with E-state index in [9.17, 15) is 0 Å². The molecule has 0 N–H and O–H groups in total. The number of rotatable bonds is 4. The minimum absolute atomic E-state index is 0.609. The lowest BCUT2D eigenvalue weighted by Gasteiger charge is -2.33. The maximum atomic E-state index is 4.15. The van der Waals surface area contributed by atoms with E-state index in [1.807, 2.05) is 12.4 Å². The summed E-state index contributed by atoms with van der Waals surface area (Å²) < 4.78 is 2.61. The van der Waals surface area contributed by atoms with Crippen LogP contribution in [0.2, 0.25) is 0 Å². The van der Waals surface area contributed by atoms with Crippen LogP contribution < -0.4 is 0 Å². The van der Waals surface area contributed by atoms with Crippen molar-refractivity contribution < 1.29 is 0 Å². The Bertz CT molecular complexity index is 924. The van der Waals surface area contributed by atoms with Crippen LogP contribution in [0.5, 0.6) is 0 Å². The number of nitrogens with zero attached hydrogens (tertiary/aromatic N) is 3. The molecule has 2 aromatic heterocycles. The second-order valence-electron chi connectivity index (χ2n) is 7.77. The topological polar surface area (TPSA) is 21.1 Å². The Labute approximate surface area is 156 Å². The zero-order valence-corrected chi connectivity index (χ0v) is 16.4. The minimum atomic E-state index is 0.609.